The van der Waals surface area contributed by atoms with Crippen molar-refractivity contribution in [1.82, 2.24) is 4.90 Å². The summed E-state index contributed by atoms with van der Waals surface area (Å²) in [6.45, 7) is 1.09. The molecule has 0 bridgehead atoms. The Balaban J connectivity index is 1.95. The molecule has 2 aromatic rings. The molecule has 2 N–H and O–H groups in total. The second kappa shape index (κ2) is 5.53. The van der Waals surface area contributed by atoms with Crippen molar-refractivity contribution < 1.29 is 9.53 Å². The standard InChI is InChI=1S/C14H12ClN3O2S/c15-8-1-2-11-10(5-8)12(17)13(21-11)14(19)18-3-4-20-9(6-16)7-18/h1-2,5,9H,3-4,7,17H2. The van der Waals surface area contributed by atoms with E-state index >= 15 is 0 Å². The Hall–Kier alpha value is -1.81. The minimum Gasteiger partial charge on any atom is -0.397 e. The lowest BCUT2D eigenvalue weighted by atomic mass is 10.2. The number of hydrogen-bond donors (Lipinski definition) is 1. The normalized spacial score (nSPS) is 18.7. The van der Waals surface area contributed by atoms with Gasteiger partial charge in [0.1, 0.15) is 4.88 Å². The van der Waals surface area contributed by atoms with Crippen molar-refractivity contribution in [1.29, 1.82) is 5.26 Å². The lowest BCUT2D eigenvalue weighted by Crippen LogP contribution is -2.45. The van der Waals surface area contributed by atoms with Gasteiger partial charge in [-0.15, -0.1) is 11.3 Å². The predicted molar refractivity (Wildman–Crippen MR) is 82.5 cm³/mol. The van der Waals surface area contributed by atoms with E-state index in [1.54, 1.807) is 17.0 Å². The quantitative estimate of drug-likeness (QED) is 0.875. The van der Waals surface area contributed by atoms with Crippen molar-refractivity contribution in [3.05, 3.63) is 28.1 Å². The van der Waals surface area contributed by atoms with Gasteiger partial charge in [-0.2, -0.15) is 5.26 Å². The molecule has 1 fully saturated rings. The Bertz CT molecular complexity index is 752. The van der Waals surface area contributed by atoms with E-state index in [0.717, 1.165) is 10.1 Å². The SMILES string of the molecule is N#CC1CN(C(=O)c2sc3ccc(Cl)cc3c2N)CCO1. The number of morpholine rings is 1. The van der Waals surface area contributed by atoms with Gasteiger partial charge in [0.25, 0.3) is 5.91 Å². The molecule has 1 unspecified atom stereocenters. The van der Waals surface area contributed by atoms with Gasteiger partial charge in [0.05, 0.1) is 24.9 Å². The number of benzene rings is 1. The van der Waals surface area contributed by atoms with Crippen LogP contribution in [0.5, 0.6) is 0 Å². The van der Waals surface area contributed by atoms with Crippen LogP contribution in [0.3, 0.4) is 0 Å². The molecule has 7 heteroatoms. The first kappa shape index (κ1) is 14.1. The van der Waals surface area contributed by atoms with Crippen molar-refractivity contribution in [2.45, 2.75) is 6.10 Å². The maximum atomic E-state index is 12.6. The van der Waals surface area contributed by atoms with Crippen LogP contribution in [0.15, 0.2) is 18.2 Å². The molecule has 1 aliphatic rings. The molecule has 1 aliphatic heterocycles. The highest BCUT2D eigenvalue weighted by Gasteiger charge is 2.27. The summed E-state index contributed by atoms with van der Waals surface area (Å²) in [6, 6.07) is 7.41. The molecule has 21 heavy (non-hydrogen) atoms. The second-order valence-electron chi connectivity index (χ2n) is 4.73. The zero-order valence-electron chi connectivity index (χ0n) is 11.0. The summed E-state index contributed by atoms with van der Waals surface area (Å²) in [5.41, 5.74) is 6.54. The number of halogens is 1. The Morgan fingerprint density at radius 3 is 3.14 bits per heavy atom. The molecule has 1 aromatic carbocycles. The summed E-state index contributed by atoms with van der Waals surface area (Å²) >= 11 is 7.31. The largest absolute Gasteiger partial charge is 0.397 e. The van der Waals surface area contributed by atoms with Gasteiger partial charge in [-0.25, -0.2) is 0 Å². The number of nitriles is 1. The smallest absolute Gasteiger partial charge is 0.266 e. The zero-order valence-corrected chi connectivity index (χ0v) is 12.6. The van der Waals surface area contributed by atoms with E-state index in [9.17, 15) is 4.79 Å². The van der Waals surface area contributed by atoms with Crippen molar-refractivity contribution in [3.8, 4) is 6.07 Å². The molecule has 2 heterocycles. The van der Waals surface area contributed by atoms with Crippen LogP contribution in [-0.4, -0.2) is 36.6 Å². The third-order valence-electron chi connectivity index (χ3n) is 3.38. The lowest BCUT2D eigenvalue weighted by molar-refractivity contribution is 0.00374. The van der Waals surface area contributed by atoms with Gasteiger partial charge in [-0.1, -0.05) is 11.6 Å². The molecule has 0 saturated carbocycles. The number of nitrogens with two attached hydrogens (primary N) is 1. The molecule has 3 rings (SSSR count). The fourth-order valence-corrected chi connectivity index (χ4v) is 3.55. The number of rotatable bonds is 1. The third kappa shape index (κ3) is 2.56. The van der Waals surface area contributed by atoms with Crippen LogP contribution in [0.1, 0.15) is 9.67 Å². The first-order chi connectivity index (χ1) is 10.1. The highest BCUT2D eigenvalue weighted by molar-refractivity contribution is 7.21. The molecule has 1 amide bonds. The first-order valence-corrected chi connectivity index (χ1v) is 7.57. The molecule has 1 saturated heterocycles. The fourth-order valence-electron chi connectivity index (χ4n) is 2.30. The van der Waals surface area contributed by atoms with E-state index in [-0.39, 0.29) is 12.5 Å². The molecule has 108 valence electrons. The lowest BCUT2D eigenvalue weighted by Gasteiger charge is -2.29. The Morgan fingerprint density at radius 2 is 2.38 bits per heavy atom. The minimum absolute atomic E-state index is 0.159. The Morgan fingerprint density at radius 1 is 1.57 bits per heavy atom. The number of carbonyl (C=O) groups is 1. The predicted octanol–water partition coefficient (Wildman–Crippen LogP) is 2.50. The molecule has 1 atom stereocenters. The van der Waals surface area contributed by atoms with E-state index in [1.807, 2.05) is 12.1 Å². The van der Waals surface area contributed by atoms with E-state index in [2.05, 4.69) is 0 Å². The third-order valence-corrected chi connectivity index (χ3v) is 4.79. The number of carbonyl (C=O) groups excluding carboxylic acids is 1. The van der Waals surface area contributed by atoms with E-state index in [1.165, 1.54) is 11.3 Å². The van der Waals surface area contributed by atoms with Crippen LogP contribution in [0, 0.1) is 11.3 Å². The van der Waals surface area contributed by atoms with Crippen molar-refractivity contribution in [2.24, 2.45) is 0 Å². The summed E-state index contributed by atoms with van der Waals surface area (Å²) in [5.74, 6) is -0.159. The van der Waals surface area contributed by atoms with Gasteiger partial charge in [0, 0.05) is 21.7 Å². The molecule has 0 radical (unpaired) electrons. The van der Waals surface area contributed by atoms with Crippen LogP contribution in [0.4, 0.5) is 5.69 Å². The van der Waals surface area contributed by atoms with Crippen LogP contribution >= 0.6 is 22.9 Å². The average Bonchev–Trinajstić information content (AvgIpc) is 2.83. The van der Waals surface area contributed by atoms with Crippen LogP contribution in [-0.2, 0) is 4.74 Å². The maximum Gasteiger partial charge on any atom is 0.266 e. The summed E-state index contributed by atoms with van der Waals surface area (Å²) < 4.78 is 6.17. The molecule has 1 aromatic heterocycles. The Labute approximate surface area is 130 Å². The molecular formula is C14H12ClN3O2S. The number of hydrogen-bond acceptors (Lipinski definition) is 5. The van der Waals surface area contributed by atoms with E-state index in [4.69, 9.17) is 27.3 Å². The number of ether oxygens (including phenoxy) is 1. The van der Waals surface area contributed by atoms with Gasteiger partial charge in [-0.05, 0) is 18.2 Å². The maximum absolute atomic E-state index is 12.6. The number of fused-ring (bicyclic) bond motifs is 1. The number of anilines is 1. The zero-order chi connectivity index (χ0) is 15.0. The van der Waals surface area contributed by atoms with Gasteiger partial charge in [-0.3, -0.25) is 4.79 Å². The number of nitrogen functional groups attached to an aromatic ring is 1. The average molecular weight is 322 g/mol. The minimum atomic E-state index is -0.576. The van der Waals surface area contributed by atoms with Gasteiger partial charge in [0.15, 0.2) is 6.10 Å². The van der Waals surface area contributed by atoms with Gasteiger partial charge >= 0.3 is 0 Å². The molecule has 5 nitrogen and oxygen atoms in total. The van der Waals surface area contributed by atoms with Crippen molar-refractivity contribution in [2.75, 3.05) is 25.4 Å². The summed E-state index contributed by atoms with van der Waals surface area (Å²) in [4.78, 5) is 14.7. The number of nitrogens with zero attached hydrogens (tertiary/aromatic N) is 2. The first-order valence-electron chi connectivity index (χ1n) is 6.38. The topological polar surface area (TPSA) is 79.4 Å². The highest BCUT2D eigenvalue weighted by Crippen LogP contribution is 2.36. The second-order valence-corrected chi connectivity index (χ2v) is 6.21. The highest BCUT2D eigenvalue weighted by atomic mass is 35.5. The molecular weight excluding hydrogens is 310 g/mol. The fraction of sp³-hybridized carbons (Fsp3) is 0.286. The van der Waals surface area contributed by atoms with E-state index in [0.29, 0.717) is 28.7 Å². The van der Waals surface area contributed by atoms with Gasteiger partial charge in [0.2, 0.25) is 0 Å². The van der Waals surface area contributed by atoms with Gasteiger partial charge < -0.3 is 15.4 Å². The van der Waals surface area contributed by atoms with Crippen LogP contribution < -0.4 is 5.73 Å². The molecule has 0 aliphatic carbocycles. The summed E-state index contributed by atoms with van der Waals surface area (Å²) in [5, 5.41) is 10.3. The monoisotopic (exact) mass is 321 g/mol. The molecule has 0 spiro atoms. The summed E-state index contributed by atoms with van der Waals surface area (Å²) in [6.07, 6.45) is -0.576. The van der Waals surface area contributed by atoms with Crippen LogP contribution in [0.2, 0.25) is 5.02 Å². The summed E-state index contributed by atoms with van der Waals surface area (Å²) in [7, 11) is 0. The van der Waals surface area contributed by atoms with Crippen LogP contribution in [0.25, 0.3) is 10.1 Å². The van der Waals surface area contributed by atoms with Crippen molar-refractivity contribution in [3.63, 3.8) is 0 Å². The Kier molecular flexibility index (Phi) is 3.72. The number of thiophene rings is 1. The van der Waals surface area contributed by atoms with Crippen molar-refractivity contribution >= 4 is 44.6 Å². The van der Waals surface area contributed by atoms with E-state index < -0.39 is 6.10 Å². The number of amides is 1.